The van der Waals surface area contributed by atoms with E-state index in [1.54, 1.807) is 7.11 Å². The predicted octanol–water partition coefficient (Wildman–Crippen LogP) is 2.30. The summed E-state index contributed by atoms with van der Waals surface area (Å²) >= 11 is 0. The van der Waals surface area contributed by atoms with Crippen LogP contribution >= 0.6 is 0 Å². The van der Waals surface area contributed by atoms with Crippen molar-refractivity contribution >= 4 is 10.9 Å². The lowest BCUT2D eigenvalue weighted by atomic mass is 10.0. The minimum atomic E-state index is -0.151. The first-order valence-corrected chi connectivity index (χ1v) is 5.74. The van der Waals surface area contributed by atoms with E-state index < -0.39 is 0 Å². The molecular weight excluding hydrogens is 228 g/mol. The molecule has 0 unspecified atom stereocenters. The van der Waals surface area contributed by atoms with Gasteiger partial charge in [0, 0.05) is 17.4 Å². The number of rotatable bonds is 3. The molecule has 0 radical (unpaired) electrons. The Morgan fingerprint density at radius 1 is 1.44 bits per heavy atom. The molecule has 0 aliphatic rings. The molecule has 4 nitrogen and oxygen atoms in total. The summed E-state index contributed by atoms with van der Waals surface area (Å²) in [5.74, 6) is 0.652. The second kappa shape index (κ2) is 4.92. The Morgan fingerprint density at radius 2 is 2.22 bits per heavy atom. The largest absolute Gasteiger partial charge is 0.495 e. The van der Waals surface area contributed by atoms with Gasteiger partial charge in [0.2, 0.25) is 0 Å². The third kappa shape index (κ3) is 2.07. The molecule has 2 rings (SSSR count). The summed E-state index contributed by atoms with van der Waals surface area (Å²) in [6.07, 6.45) is 0.816. The first-order chi connectivity index (χ1) is 8.67. The Bertz CT molecular complexity index is 680. The normalized spacial score (nSPS) is 10.3. The highest BCUT2D eigenvalue weighted by Crippen LogP contribution is 2.25. The van der Waals surface area contributed by atoms with Gasteiger partial charge in [0.05, 0.1) is 18.7 Å². The van der Waals surface area contributed by atoms with Crippen LogP contribution in [0.25, 0.3) is 10.9 Å². The fraction of sp³-hybridized carbons (Fsp3) is 0.286. The van der Waals surface area contributed by atoms with Crippen LogP contribution < -0.4 is 10.3 Å². The van der Waals surface area contributed by atoms with Gasteiger partial charge in [-0.25, -0.2) is 0 Å². The number of nitrogens with one attached hydrogen (secondary N) is 1. The molecule has 0 saturated carbocycles. The third-order valence-corrected chi connectivity index (χ3v) is 3.00. The number of pyridine rings is 1. The molecule has 0 aliphatic heterocycles. The fourth-order valence-electron chi connectivity index (χ4n) is 2.00. The molecule has 2 aromatic rings. The van der Waals surface area contributed by atoms with Gasteiger partial charge in [-0.3, -0.25) is 4.79 Å². The molecule has 18 heavy (non-hydrogen) atoms. The second-order valence-electron chi connectivity index (χ2n) is 4.16. The summed E-state index contributed by atoms with van der Waals surface area (Å²) in [6, 6.07) is 7.69. The minimum absolute atomic E-state index is 0.151. The Morgan fingerprint density at radius 3 is 2.89 bits per heavy atom. The first-order valence-electron chi connectivity index (χ1n) is 5.74. The molecule has 0 amide bonds. The molecule has 0 bridgehead atoms. The van der Waals surface area contributed by atoms with Crippen LogP contribution in [0.5, 0.6) is 5.75 Å². The molecule has 92 valence electrons. The number of hydrogen-bond acceptors (Lipinski definition) is 3. The van der Waals surface area contributed by atoms with Crippen molar-refractivity contribution in [1.82, 2.24) is 4.98 Å². The number of aromatic amines is 1. The molecule has 0 fully saturated rings. The van der Waals surface area contributed by atoms with E-state index >= 15 is 0 Å². The van der Waals surface area contributed by atoms with Gasteiger partial charge in [-0.05, 0) is 31.0 Å². The van der Waals surface area contributed by atoms with Gasteiger partial charge in [-0.1, -0.05) is 6.07 Å². The lowest BCUT2D eigenvalue weighted by Crippen LogP contribution is -2.12. The molecule has 1 N–H and O–H groups in total. The van der Waals surface area contributed by atoms with Crippen LogP contribution in [-0.2, 0) is 6.42 Å². The zero-order chi connectivity index (χ0) is 13.1. The summed E-state index contributed by atoms with van der Waals surface area (Å²) < 4.78 is 5.24. The van der Waals surface area contributed by atoms with Crippen LogP contribution in [-0.4, -0.2) is 12.1 Å². The van der Waals surface area contributed by atoms with E-state index in [-0.39, 0.29) is 5.56 Å². The van der Waals surface area contributed by atoms with Crippen molar-refractivity contribution in [3.63, 3.8) is 0 Å². The van der Waals surface area contributed by atoms with E-state index in [0.717, 1.165) is 10.9 Å². The van der Waals surface area contributed by atoms with Gasteiger partial charge >= 0.3 is 0 Å². The number of methoxy groups -OCH3 is 1. The molecule has 1 aromatic heterocycles. The number of aromatic nitrogens is 1. The van der Waals surface area contributed by atoms with Crippen LogP contribution in [0.4, 0.5) is 0 Å². The molecule has 1 heterocycles. The lowest BCUT2D eigenvalue weighted by Gasteiger charge is -2.09. The Labute approximate surface area is 105 Å². The molecule has 1 aromatic carbocycles. The second-order valence-corrected chi connectivity index (χ2v) is 4.16. The Kier molecular flexibility index (Phi) is 3.33. The van der Waals surface area contributed by atoms with E-state index in [1.807, 2.05) is 25.1 Å². The highest BCUT2D eigenvalue weighted by molar-refractivity contribution is 5.87. The van der Waals surface area contributed by atoms with Gasteiger partial charge in [0.15, 0.2) is 0 Å². The third-order valence-electron chi connectivity index (χ3n) is 3.00. The zero-order valence-electron chi connectivity index (χ0n) is 10.4. The summed E-state index contributed by atoms with van der Waals surface area (Å²) in [6.45, 7) is 1.98. The molecule has 0 aliphatic carbocycles. The van der Waals surface area contributed by atoms with Gasteiger partial charge in [-0.15, -0.1) is 0 Å². The van der Waals surface area contributed by atoms with E-state index in [2.05, 4.69) is 11.1 Å². The molecule has 0 saturated heterocycles. The number of ether oxygens (including phenoxy) is 1. The zero-order valence-corrected chi connectivity index (χ0v) is 10.4. The maximum atomic E-state index is 11.9. The summed E-state index contributed by atoms with van der Waals surface area (Å²) in [5, 5.41) is 9.55. The number of aryl methyl sites for hydroxylation is 2. The standard InChI is InChI=1S/C14H14N2O2/c1-9-5-6-12(18-2)13-11(9)8-10(4-3-7-15)14(17)16-13/h5-6,8H,3-4H2,1-2H3,(H,16,17). The molecule has 0 atom stereocenters. The van der Waals surface area contributed by atoms with Crippen LogP contribution in [0.15, 0.2) is 23.0 Å². The van der Waals surface area contributed by atoms with Crippen LogP contribution in [0.1, 0.15) is 17.5 Å². The van der Waals surface area contributed by atoms with Gasteiger partial charge in [-0.2, -0.15) is 5.26 Å². The summed E-state index contributed by atoms with van der Waals surface area (Å²) in [7, 11) is 1.58. The monoisotopic (exact) mass is 242 g/mol. The Balaban J connectivity index is 2.68. The van der Waals surface area contributed by atoms with Crippen molar-refractivity contribution in [1.29, 1.82) is 5.26 Å². The SMILES string of the molecule is COc1ccc(C)c2cc(CCC#N)c(=O)[nH]c12. The number of benzene rings is 1. The molecule has 4 heteroatoms. The van der Waals surface area contributed by atoms with E-state index in [4.69, 9.17) is 10.00 Å². The summed E-state index contributed by atoms with van der Waals surface area (Å²) in [5.41, 5.74) is 2.27. The number of nitriles is 1. The van der Waals surface area contributed by atoms with Crippen LogP contribution in [0, 0.1) is 18.3 Å². The van der Waals surface area contributed by atoms with Crippen molar-refractivity contribution < 1.29 is 4.74 Å². The smallest absolute Gasteiger partial charge is 0.251 e. The average Bonchev–Trinajstić information content (AvgIpc) is 2.37. The van der Waals surface area contributed by atoms with Crippen molar-refractivity contribution in [2.24, 2.45) is 0 Å². The highest BCUT2D eigenvalue weighted by Gasteiger charge is 2.08. The highest BCUT2D eigenvalue weighted by atomic mass is 16.5. The van der Waals surface area contributed by atoms with Crippen molar-refractivity contribution in [2.75, 3.05) is 7.11 Å². The van der Waals surface area contributed by atoms with Gasteiger partial charge in [0.25, 0.3) is 5.56 Å². The van der Waals surface area contributed by atoms with Gasteiger partial charge in [0.1, 0.15) is 5.75 Å². The lowest BCUT2D eigenvalue weighted by molar-refractivity contribution is 0.418. The Hall–Kier alpha value is -2.28. The molecule has 0 spiro atoms. The van der Waals surface area contributed by atoms with Crippen molar-refractivity contribution in [3.05, 3.63) is 39.7 Å². The first kappa shape index (κ1) is 12.2. The van der Waals surface area contributed by atoms with E-state index in [0.29, 0.717) is 29.7 Å². The van der Waals surface area contributed by atoms with Crippen molar-refractivity contribution in [2.45, 2.75) is 19.8 Å². The number of hydrogen-bond donors (Lipinski definition) is 1. The van der Waals surface area contributed by atoms with Gasteiger partial charge < -0.3 is 9.72 Å². The maximum absolute atomic E-state index is 11.9. The topological polar surface area (TPSA) is 65.9 Å². The van der Waals surface area contributed by atoms with Crippen LogP contribution in [0.3, 0.4) is 0 Å². The van der Waals surface area contributed by atoms with Crippen molar-refractivity contribution in [3.8, 4) is 11.8 Å². The maximum Gasteiger partial charge on any atom is 0.251 e. The number of H-pyrrole nitrogens is 1. The fourth-order valence-corrected chi connectivity index (χ4v) is 2.00. The van der Waals surface area contributed by atoms with Crippen LogP contribution in [0.2, 0.25) is 0 Å². The predicted molar refractivity (Wildman–Crippen MR) is 69.8 cm³/mol. The quantitative estimate of drug-likeness (QED) is 0.898. The number of fused-ring (bicyclic) bond motifs is 1. The number of nitrogens with zero attached hydrogens (tertiary/aromatic N) is 1. The van der Waals surface area contributed by atoms with E-state index in [1.165, 1.54) is 0 Å². The molecular formula is C14H14N2O2. The minimum Gasteiger partial charge on any atom is -0.495 e. The average molecular weight is 242 g/mol. The summed E-state index contributed by atoms with van der Waals surface area (Å²) in [4.78, 5) is 14.7. The van der Waals surface area contributed by atoms with E-state index in [9.17, 15) is 4.79 Å².